The molecule has 0 radical (unpaired) electrons. The molecule has 2 rings (SSSR count). The van der Waals surface area contributed by atoms with Crippen LogP contribution in [0.25, 0.3) is 0 Å². The fourth-order valence-corrected chi connectivity index (χ4v) is 3.72. The number of hydrogen-bond acceptors (Lipinski definition) is 2. The van der Waals surface area contributed by atoms with Crippen LogP contribution in [0.1, 0.15) is 29.7 Å². The second kappa shape index (κ2) is 7.88. The van der Waals surface area contributed by atoms with Gasteiger partial charge in [-0.2, -0.15) is 0 Å². The number of rotatable bonds is 6. The molecule has 0 aliphatic heterocycles. The van der Waals surface area contributed by atoms with Crippen LogP contribution < -0.4 is 5.32 Å². The molecule has 1 nitrogen and oxygen atoms in total. The third-order valence-corrected chi connectivity index (χ3v) is 5.32. The first-order chi connectivity index (χ1) is 10.1. The van der Waals surface area contributed by atoms with Crippen molar-refractivity contribution in [2.45, 2.75) is 31.7 Å². The number of benzene rings is 2. The summed E-state index contributed by atoms with van der Waals surface area (Å²) in [5.41, 5.74) is 4.11. The van der Waals surface area contributed by atoms with E-state index in [0.29, 0.717) is 6.04 Å². The predicted molar refractivity (Wildman–Crippen MR) is 94.5 cm³/mol. The summed E-state index contributed by atoms with van der Waals surface area (Å²) in [4.78, 5) is 1.15. The van der Waals surface area contributed by atoms with Crippen molar-refractivity contribution in [3.05, 3.63) is 64.2 Å². The van der Waals surface area contributed by atoms with E-state index in [4.69, 9.17) is 11.6 Å². The van der Waals surface area contributed by atoms with Crippen molar-refractivity contribution in [3.63, 3.8) is 0 Å². The van der Waals surface area contributed by atoms with E-state index in [9.17, 15) is 0 Å². The average Bonchev–Trinajstić information content (AvgIpc) is 2.48. The molecule has 0 saturated carbocycles. The molecule has 112 valence electrons. The van der Waals surface area contributed by atoms with Gasteiger partial charge in [0.25, 0.3) is 0 Å². The summed E-state index contributed by atoms with van der Waals surface area (Å²) >= 11 is 8.06. The van der Waals surface area contributed by atoms with E-state index in [1.165, 1.54) is 16.7 Å². The van der Waals surface area contributed by atoms with Crippen molar-refractivity contribution in [2.24, 2.45) is 0 Å². The Hall–Kier alpha value is -0.960. The van der Waals surface area contributed by atoms with Gasteiger partial charge in [0.05, 0.1) is 5.02 Å². The molecule has 0 aliphatic carbocycles. The number of hydrogen-bond donors (Lipinski definition) is 1. The van der Waals surface area contributed by atoms with Gasteiger partial charge in [0, 0.05) is 16.7 Å². The van der Waals surface area contributed by atoms with Crippen LogP contribution in [0.15, 0.2) is 47.4 Å². The first kappa shape index (κ1) is 16.4. The highest BCUT2D eigenvalue weighted by Crippen LogP contribution is 2.31. The molecule has 21 heavy (non-hydrogen) atoms. The summed E-state index contributed by atoms with van der Waals surface area (Å²) in [6.45, 7) is 7.48. The van der Waals surface area contributed by atoms with Crippen LogP contribution in [0.3, 0.4) is 0 Å². The Morgan fingerprint density at radius 2 is 1.86 bits per heavy atom. The van der Waals surface area contributed by atoms with Gasteiger partial charge in [-0.25, -0.2) is 0 Å². The zero-order valence-corrected chi connectivity index (χ0v) is 14.4. The Balaban J connectivity index is 2.16. The fourth-order valence-electron chi connectivity index (χ4n) is 2.39. The minimum Gasteiger partial charge on any atom is -0.309 e. The van der Waals surface area contributed by atoms with Crippen LogP contribution in [-0.4, -0.2) is 12.3 Å². The Morgan fingerprint density at radius 1 is 1.10 bits per heavy atom. The second-order valence-electron chi connectivity index (χ2n) is 5.14. The van der Waals surface area contributed by atoms with Gasteiger partial charge in [-0.1, -0.05) is 48.9 Å². The van der Waals surface area contributed by atoms with E-state index in [1.807, 2.05) is 30.0 Å². The first-order valence-electron chi connectivity index (χ1n) is 7.30. The SMILES string of the molecule is CCNC(CSc1ccccc1Cl)c1cccc(C)c1C. The van der Waals surface area contributed by atoms with Crippen LogP contribution in [0.2, 0.25) is 5.02 Å². The van der Waals surface area contributed by atoms with Gasteiger partial charge < -0.3 is 5.32 Å². The molecule has 2 aromatic rings. The Labute approximate surface area is 137 Å². The molecule has 2 aromatic carbocycles. The summed E-state index contributed by atoms with van der Waals surface area (Å²) in [5, 5.41) is 4.42. The number of nitrogens with one attached hydrogen (secondary N) is 1. The van der Waals surface area contributed by atoms with E-state index < -0.39 is 0 Å². The summed E-state index contributed by atoms with van der Waals surface area (Å²) < 4.78 is 0. The summed E-state index contributed by atoms with van der Waals surface area (Å²) in [6, 6.07) is 14.9. The maximum absolute atomic E-state index is 6.25. The van der Waals surface area contributed by atoms with E-state index in [-0.39, 0.29) is 0 Å². The Bertz CT molecular complexity index is 598. The van der Waals surface area contributed by atoms with Crippen molar-refractivity contribution in [3.8, 4) is 0 Å². The molecule has 1 N–H and O–H groups in total. The first-order valence-corrected chi connectivity index (χ1v) is 8.66. The zero-order chi connectivity index (χ0) is 15.2. The maximum atomic E-state index is 6.25. The van der Waals surface area contributed by atoms with E-state index in [1.54, 1.807) is 0 Å². The fraction of sp³-hybridized carbons (Fsp3) is 0.333. The smallest absolute Gasteiger partial charge is 0.0541 e. The summed E-state index contributed by atoms with van der Waals surface area (Å²) in [5.74, 6) is 0.974. The highest BCUT2D eigenvalue weighted by molar-refractivity contribution is 7.99. The third kappa shape index (κ3) is 4.26. The van der Waals surface area contributed by atoms with E-state index in [2.05, 4.69) is 50.4 Å². The minimum absolute atomic E-state index is 0.344. The molecule has 1 unspecified atom stereocenters. The Morgan fingerprint density at radius 3 is 2.57 bits per heavy atom. The lowest BCUT2D eigenvalue weighted by Crippen LogP contribution is -2.24. The van der Waals surface area contributed by atoms with Crippen LogP contribution in [0.4, 0.5) is 0 Å². The number of aryl methyl sites for hydroxylation is 1. The lowest BCUT2D eigenvalue weighted by atomic mass is 9.98. The number of halogens is 1. The standard InChI is InChI=1S/C18H22ClNS/c1-4-20-17(15-9-7-8-13(2)14(15)3)12-21-18-11-6-5-10-16(18)19/h5-11,17,20H,4,12H2,1-3H3. The monoisotopic (exact) mass is 319 g/mol. The second-order valence-corrected chi connectivity index (χ2v) is 6.61. The van der Waals surface area contributed by atoms with Gasteiger partial charge in [-0.05, 0) is 49.2 Å². The van der Waals surface area contributed by atoms with Crippen LogP contribution in [0.5, 0.6) is 0 Å². The molecular weight excluding hydrogens is 298 g/mol. The molecule has 0 saturated heterocycles. The lowest BCUT2D eigenvalue weighted by Gasteiger charge is -2.21. The highest BCUT2D eigenvalue weighted by Gasteiger charge is 2.14. The van der Waals surface area contributed by atoms with E-state index >= 15 is 0 Å². The van der Waals surface area contributed by atoms with Gasteiger partial charge in [0.15, 0.2) is 0 Å². The van der Waals surface area contributed by atoms with E-state index in [0.717, 1.165) is 22.2 Å². The van der Waals surface area contributed by atoms with Gasteiger partial charge in [0.2, 0.25) is 0 Å². The van der Waals surface area contributed by atoms with Gasteiger partial charge in [0.1, 0.15) is 0 Å². The van der Waals surface area contributed by atoms with Crippen molar-refractivity contribution < 1.29 is 0 Å². The van der Waals surface area contributed by atoms with Crippen molar-refractivity contribution >= 4 is 23.4 Å². The lowest BCUT2D eigenvalue weighted by molar-refractivity contribution is 0.602. The van der Waals surface area contributed by atoms with Gasteiger partial charge in [-0.3, -0.25) is 0 Å². The van der Waals surface area contributed by atoms with Crippen molar-refractivity contribution in [1.29, 1.82) is 0 Å². The predicted octanol–water partition coefficient (Wildman–Crippen LogP) is 5.40. The normalized spacial score (nSPS) is 12.4. The molecule has 0 aromatic heterocycles. The molecule has 3 heteroatoms. The Kier molecular flexibility index (Phi) is 6.16. The third-order valence-electron chi connectivity index (χ3n) is 3.71. The maximum Gasteiger partial charge on any atom is 0.0541 e. The molecule has 0 amide bonds. The topological polar surface area (TPSA) is 12.0 Å². The summed E-state index contributed by atoms with van der Waals surface area (Å²) in [6.07, 6.45) is 0. The molecule has 1 atom stereocenters. The molecular formula is C18H22ClNS. The quantitative estimate of drug-likeness (QED) is 0.715. The molecule has 0 aliphatic rings. The largest absolute Gasteiger partial charge is 0.309 e. The molecule has 0 fully saturated rings. The minimum atomic E-state index is 0.344. The van der Waals surface area contributed by atoms with Crippen molar-refractivity contribution in [1.82, 2.24) is 5.32 Å². The molecule has 0 bridgehead atoms. The average molecular weight is 320 g/mol. The van der Waals surface area contributed by atoms with Crippen molar-refractivity contribution in [2.75, 3.05) is 12.3 Å². The molecule has 0 spiro atoms. The zero-order valence-electron chi connectivity index (χ0n) is 12.8. The molecule has 0 heterocycles. The van der Waals surface area contributed by atoms with Gasteiger partial charge >= 0.3 is 0 Å². The highest BCUT2D eigenvalue weighted by atomic mass is 35.5. The van der Waals surface area contributed by atoms with Crippen LogP contribution in [0, 0.1) is 13.8 Å². The van der Waals surface area contributed by atoms with Gasteiger partial charge in [-0.15, -0.1) is 11.8 Å². The summed E-state index contributed by atoms with van der Waals surface area (Å²) in [7, 11) is 0. The van der Waals surface area contributed by atoms with Crippen LogP contribution >= 0.6 is 23.4 Å². The number of thioether (sulfide) groups is 1. The van der Waals surface area contributed by atoms with Crippen LogP contribution in [-0.2, 0) is 0 Å².